The Morgan fingerprint density at radius 2 is 2.04 bits per heavy atom. The van der Waals surface area contributed by atoms with Gasteiger partial charge in [0.25, 0.3) is 0 Å². The first-order chi connectivity index (χ1) is 11.7. The van der Waals surface area contributed by atoms with Crippen LogP contribution < -0.4 is 5.32 Å². The van der Waals surface area contributed by atoms with Gasteiger partial charge in [-0.05, 0) is 57.4 Å². The molecule has 1 aromatic heterocycles. The highest BCUT2D eigenvalue weighted by atomic mass is 16.5. The van der Waals surface area contributed by atoms with Gasteiger partial charge in [0, 0.05) is 30.9 Å². The molecule has 1 saturated heterocycles. The van der Waals surface area contributed by atoms with E-state index in [2.05, 4.69) is 17.1 Å². The normalized spacial score (nSPS) is 29.9. The summed E-state index contributed by atoms with van der Waals surface area (Å²) in [7, 11) is 0. The molecule has 1 spiro atoms. The third kappa shape index (κ3) is 2.82. The van der Waals surface area contributed by atoms with Crippen LogP contribution in [0.5, 0.6) is 0 Å². The Bertz CT molecular complexity index is 640. The van der Waals surface area contributed by atoms with Crippen LogP contribution in [-0.4, -0.2) is 47.7 Å². The molecule has 24 heavy (non-hydrogen) atoms. The average Bonchev–Trinajstić information content (AvgIpc) is 3.48. The maximum atomic E-state index is 6.00. The molecule has 3 heterocycles. The van der Waals surface area contributed by atoms with Crippen molar-refractivity contribution >= 4 is 5.95 Å². The van der Waals surface area contributed by atoms with Gasteiger partial charge in [-0.2, -0.15) is 0 Å². The lowest BCUT2D eigenvalue weighted by atomic mass is 9.80. The van der Waals surface area contributed by atoms with Crippen molar-refractivity contribution in [2.45, 2.75) is 51.0 Å². The standard InChI is InChI=1S/C19H28N4O/c1-13-16-10-24-12-19(6-7-23(11-19)9-15-4-5-15)17(16)22-18(21-13)20-8-14-2-3-14/h14-15H,2-12H2,1H3,(H,20,21,22). The molecule has 0 aromatic carbocycles. The second-order valence-corrected chi connectivity index (χ2v) is 8.49. The molecule has 130 valence electrons. The Labute approximate surface area is 144 Å². The van der Waals surface area contributed by atoms with Crippen LogP contribution >= 0.6 is 0 Å². The number of nitrogens with zero attached hydrogens (tertiary/aromatic N) is 3. The number of nitrogens with one attached hydrogen (secondary N) is 1. The first-order valence-electron chi connectivity index (χ1n) is 9.64. The molecule has 1 unspecified atom stereocenters. The summed E-state index contributed by atoms with van der Waals surface area (Å²) in [5.41, 5.74) is 3.70. The summed E-state index contributed by atoms with van der Waals surface area (Å²) in [4.78, 5) is 12.4. The highest BCUT2D eigenvalue weighted by Crippen LogP contribution is 2.42. The minimum absolute atomic E-state index is 0.0895. The van der Waals surface area contributed by atoms with E-state index in [9.17, 15) is 0 Å². The van der Waals surface area contributed by atoms with Crippen LogP contribution in [0.2, 0.25) is 0 Å². The van der Waals surface area contributed by atoms with E-state index in [4.69, 9.17) is 14.7 Å². The molecule has 0 amide bonds. The summed E-state index contributed by atoms with van der Waals surface area (Å²) in [5.74, 6) is 2.62. The summed E-state index contributed by atoms with van der Waals surface area (Å²) in [6, 6.07) is 0. The fourth-order valence-corrected chi connectivity index (χ4v) is 4.35. The third-order valence-corrected chi connectivity index (χ3v) is 6.23. The summed E-state index contributed by atoms with van der Waals surface area (Å²) in [6.45, 7) is 8.20. The number of rotatable bonds is 5. The lowest BCUT2D eigenvalue weighted by Gasteiger charge is -2.35. The van der Waals surface area contributed by atoms with Gasteiger partial charge >= 0.3 is 0 Å². The molecule has 5 heteroatoms. The average molecular weight is 328 g/mol. The molecule has 5 nitrogen and oxygen atoms in total. The fourth-order valence-electron chi connectivity index (χ4n) is 4.35. The van der Waals surface area contributed by atoms with Gasteiger partial charge in [0.15, 0.2) is 0 Å². The Kier molecular flexibility index (Phi) is 3.56. The lowest BCUT2D eigenvalue weighted by Crippen LogP contribution is -2.41. The molecule has 2 aliphatic carbocycles. The van der Waals surface area contributed by atoms with Gasteiger partial charge < -0.3 is 15.0 Å². The Morgan fingerprint density at radius 1 is 1.21 bits per heavy atom. The van der Waals surface area contributed by atoms with E-state index in [-0.39, 0.29) is 5.41 Å². The molecule has 2 aliphatic heterocycles. The van der Waals surface area contributed by atoms with E-state index in [0.717, 1.165) is 43.2 Å². The van der Waals surface area contributed by atoms with E-state index in [1.165, 1.54) is 56.5 Å². The number of hydrogen-bond acceptors (Lipinski definition) is 5. The number of anilines is 1. The minimum atomic E-state index is 0.0895. The molecular formula is C19H28N4O. The van der Waals surface area contributed by atoms with Gasteiger partial charge in [-0.15, -0.1) is 0 Å². The van der Waals surface area contributed by atoms with Crippen LogP contribution in [0.3, 0.4) is 0 Å². The first kappa shape index (κ1) is 15.1. The van der Waals surface area contributed by atoms with Crippen LogP contribution in [0.15, 0.2) is 0 Å². The molecule has 1 N–H and O–H groups in total. The predicted molar refractivity (Wildman–Crippen MR) is 93.1 cm³/mol. The van der Waals surface area contributed by atoms with Crippen molar-refractivity contribution in [3.05, 3.63) is 17.0 Å². The number of hydrogen-bond donors (Lipinski definition) is 1. The second-order valence-electron chi connectivity index (χ2n) is 8.49. The van der Waals surface area contributed by atoms with Crippen molar-refractivity contribution in [1.29, 1.82) is 0 Å². The number of aromatic nitrogens is 2. The van der Waals surface area contributed by atoms with E-state index >= 15 is 0 Å². The van der Waals surface area contributed by atoms with Crippen molar-refractivity contribution in [2.75, 3.05) is 38.1 Å². The van der Waals surface area contributed by atoms with Gasteiger partial charge in [-0.25, -0.2) is 9.97 Å². The highest BCUT2D eigenvalue weighted by molar-refractivity contribution is 5.40. The monoisotopic (exact) mass is 328 g/mol. The second kappa shape index (κ2) is 5.67. The Morgan fingerprint density at radius 3 is 2.83 bits per heavy atom. The van der Waals surface area contributed by atoms with Gasteiger partial charge in [0.1, 0.15) is 0 Å². The molecule has 1 aromatic rings. The molecular weight excluding hydrogens is 300 g/mol. The van der Waals surface area contributed by atoms with Crippen LogP contribution in [0.1, 0.15) is 49.1 Å². The number of aryl methyl sites for hydroxylation is 1. The molecule has 3 fully saturated rings. The van der Waals surface area contributed by atoms with E-state index < -0.39 is 0 Å². The van der Waals surface area contributed by atoms with Gasteiger partial charge in [0.2, 0.25) is 5.95 Å². The largest absolute Gasteiger partial charge is 0.376 e. The van der Waals surface area contributed by atoms with Crippen molar-refractivity contribution < 1.29 is 4.74 Å². The highest BCUT2D eigenvalue weighted by Gasteiger charge is 2.46. The Balaban J connectivity index is 1.42. The molecule has 4 aliphatic rings. The van der Waals surface area contributed by atoms with E-state index in [1.54, 1.807) is 0 Å². The van der Waals surface area contributed by atoms with Crippen LogP contribution in [0, 0.1) is 18.8 Å². The lowest BCUT2D eigenvalue weighted by molar-refractivity contribution is 0.0500. The van der Waals surface area contributed by atoms with Crippen LogP contribution in [0.4, 0.5) is 5.95 Å². The fraction of sp³-hybridized carbons (Fsp3) is 0.789. The summed E-state index contributed by atoms with van der Waals surface area (Å²) in [6.07, 6.45) is 6.72. The molecule has 5 rings (SSSR count). The van der Waals surface area contributed by atoms with Crippen molar-refractivity contribution in [3.63, 3.8) is 0 Å². The zero-order chi connectivity index (χ0) is 16.1. The predicted octanol–water partition coefficient (Wildman–Crippen LogP) is 2.49. The quantitative estimate of drug-likeness (QED) is 0.900. The smallest absolute Gasteiger partial charge is 0.223 e. The minimum Gasteiger partial charge on any atom is -0.376 e. The summed E-state index contributed by atoms with van der Waals surface area (Å²) < 4.78 is 6.00. The molecule has 0 radical (unpaired) electrons. The zero-order valence-electron chi connectivity index (χ0n) is 14.7. The zero-order valence-corrected chi connectivity index (χ0v) is 14.7. The summed E-state index contributed by atoms with van der Waals surface area (Å²) >= 11 is 0. The van der Waals surface area contributed by atoms with E-state index in [1.807, 2.05) is 0 Å². The number of likely N-dealkylation sites (tertiary alicyclic amines) is 1. The SMILES string of the molecule is Cc1nc(NCC2CC2)nc2c1COCC21CCN(CC2CC2)C1. The first-order valence-corrected chi connectivity index (χ1v) is 9.64. The van der Waals surface area contributed by atoms with Crippen molar-refractivity contribution in [2.24, 2.45) is 11.8 Å². The maximum absolute atomic E-state index is 6.00. The number of fused-ring (bicyclic) bond motifs is 2. The molecule has 1 atom stereocenters. The third-order valence-electron chi connectivity index (χ3n) is 6.23. The van der Waals surface area contributed by atoms with Crippen molar-refractivity contribution in [1.82, 2.24) is 14.9 Å². The van der Waals surface area contributed by atoms with Crippen molar-refractivity contribution in [3.8, 4) is 0 Å². The summed E-state index contributed by atoms with van der Waals surface area (Å²) in [5, 5.41) is 3.48. The Hall–Kier alpha value is -1.20. The van der Waals surface area contributed by atoms with Crippen LogP contribution in [0.25, 0.3) is 0 Å². The van der Waals surface area contributed by atoms with Gasteiger partial charge in [0.05, 0.1) is 24.3 Å². The number of ether oxygens (including phenoxy) is 1. The molecule has 2 saturated carbocycles. The van der Waals surface area contributed by atoms with E-state index in [0.29, 0.717) is 6.61 Å². The topological polar surface area (TPSA) is 50.3 Å². The van der Waals surface area contributed by atoms with Crippen LogP contribution in [-0.2, 0) is 16.8 Å². The maximum Gasteiger partial charge on any atom is 0.223 e. The molecule has 0 bridgehead atoms. The van der Waals surface area contributed by atoms with Gasteiger partial charge in [-0.3, -0.25) is 0 Å². The van der Waals surface area contributed by atoms with Gasteiger partial charge in [-0.1, -0.05) is 0 Å².